The second-order valence-corrected chi connectivity index (χ2v) is 14.6. The number of rotatable bonds is 4. The third-order valence-corrected chi connectivity index (χ3v) is 11.6. The van der Waals surface area contributed by atoms with Crippen LogP contribution in [-0.4, -0.2) is 15.0 Å². The van der Waals surface area contributed by atoms with Gasteiger partial charge in [0.05, 0.1) is 27.3 Å². The Morgan fingerprint density at radius 2 is 0.868 bits per heavy atom. The van der Waals surface area contributed by atoms with Crippen LogP contribution in [0.1, 0.15) is 0 Å². The minimum absolute atomic E-state index is 0.695. The van der Waals surface area contributed by atoms with Gasteiger partial charge < -0.3 is 0 Å². The zero-order valence-electron chi connectivity index (χ0n) is 28.5. The topological polar surface area (TPSA) is 38.7 Å². The van der Waals surface area contributed by atoms with Gasteiger partial charge in [-0.2, -0.15) is 0 Å². The van der Waals surface area contributed by atoms with Crippen molar-refractivity contribution in [2.45, 2.75) is 0 Å². The SMILES string of the molecule is c1ccc(-c2cc(-c3cccc(-c4nc5c6ccccc6sc5c5ccccc45)c3)nc(-c3ccc4c5ccccc5c5ccccc5c4c3)n2)cc1. The maximum Gasteiger partial charge on any atom is 0.160 e. The summed E-state index contributed by atoms with van der Waals surface area (Å²) in [6.45, 7) is 0. The van der Waals surface area contributed by atoms with Gasteiger partial charge >= 0.3 is 0 Å². The molecule has 0 aliphatic rings. The van der Waals surface area contributed by atoms with Gasteiger partial charge in [-0.1, -0.05) is 152 Å². The minimum atomic E-state index is 0.695. The van der Waals surface area contributed by atoms with E-state index in [1.165, 1.54) is 52.5 Å². The van der Waals surface area contributed by atoms with Crippen molar-refractivity contribution >= 4 is 74.7 Å². The van der Waals surface area contributed by atoms with Crippen molar-refractivity contribution in [1.29, 1.82) is 0 Å². The third kappa shape index (κ3) is 4.84. The van der Waals surface area contributed by atoms with E-state index in [0.29, 0.717) is 5.82 Å². The lowest BCUT2D eigenvalue weighted by Gasteiger charge is -2.13. The van der Waals surface area contributed by atoms with Crippen LogP contribution in [0.4, 0.5) is 0 Å². The predicted molar refractivity (Wildman–Crippen MR) is 224 cm³/mol. The summed E-state index contributed by atoms with van der Waals surface area (Å²) in [4.78, 5) is 15.9. The molecule has 0 unspecified atom stereocenters. The van der Waals surface area contributed by atoms with E-state index in [0.717, 1.165) is 50.2 Å². The highest BCUT2D eigenvalue weighted by Crippen LogP contribution is 2.42. The highest BCUT2D eigenvalue weighted by Gasteiger charge is 2.17. The number of fused-ring (bicyclic) bond motifs is 11. The lowest BCUT2D eigenvalue weighted by Crippen LogP contribution is -1.96. The van der Waals surface area contributed by atoms with Crippen LogP contribution in [-0.2, 0) is 0 Å². The van der Waals surface area contributed by atoms with Crippen LogP contribution in [0.5, 0.6) is 0 Å². The normalized spacial score (nSPS) is 11.8. The van der Waals surface area contributed by atoms with Crippen LogP contribution in [0.25, 0.3) is 109 Å². The maximum atomic E-state index is 5.38. The minimum Gasteiger partial charge on any atom is -0.246 e. The summed E-state index contributed by atoms with van der Waals surface area (Å²) in [5.74, 6) is 0.695. The molecule has 3 nitrogen and oxygen atoms in total. The lowest BCUT2D eigenvalue weighted by molar-refractivity contribution is 1.18. The molecule has 3 heterocycles. The van der Waals surface area contributed by atoms with Gasteiger partial charge in [-0.05, 0) is 56.6 Å². The molecule has 0 aliphatic carbocycles. The average Bonchev–Trinajstić information content (AvgIpc) is 3.62. The van der Waals surface area contributed by atoms with E-state index >= 15 is 0 Å². The Bertz CT molecular complexity index is 3200. The largest absolute Gasteiger partial charge is 0.246 e. The maximum absolute atomic E-state index is 5.38. The standard InChI is InChI=1S/C49H29N3S/c1-2-13-30(14-3-1)43-29-44(51-49(50-43)33-25-26-38-36-19-5-4-17-34(36)35-18-6-7-20-37(35)42(38)28-33)31-15-12-16-32(27-31)46-39-21-8-9-22-40(39)48-47(52-46)41-23-10-11-24-45(41)53-48/h1-29H. The van der Waals surface area contributed by atoms with Crippen molar-refractivity contribution in [3.05, 3.63) is 176 Å². The summed E-state index contributed by atoms with van der Waals surface area (Å²) in [6.07, 6.45) is 0. The Hall–Kier alpha value is -6.75. The molecule has 11 aromatic rings. The van der Waals surface area contributed by atoms with E-state index in [2.05, 4.69) is 170 Å². The van der Waals surface area contributed by atoms with Crippen LogP contribution in [0.15, 0.2) is 176 Å². The van der Waals surface area contributed by atoms with Gasteiger partial charge in [0.25, 0.3) is 0 Å². The first kappa shape index (κ1) is 29.9. The van der Waals surface area contributed by atoms with Gasteiger partial charge in [0.15, 0.2) is 5.82 Å². The number of pyridine rings is 1. The van der Waals surface area contributed by atoms with Crippen LogP contribution in [0, 0.1) is 0 Å². The molecule has 3 aromatic heterocycles. The zero-order chi connectivity index (χ0) is 34.9. The molecular formula is C49H29N3S. The van der Waals surface area contributed by atoms with Gasteiger partial charge in [-0.3, -0.25) is 0 Å². The van der Waals surface area contributed by atoms with Crippen molar-refractivity contribution in [2.24, 2.45) is 0 Å². The van der Waals surface area contributed by atoms with Crippen molar-refractivity contribution in [1.82, 2.24) is 15.0 Å². The van der Waals surface area contributed by atoms with Gasteiger partial charge in [-0.25, -0.2) is 15.0 Å². The fraction of sp³-hybridized carbons (Fsp3) is 0. The van der Waals surface area contributed by atoms with Crippen molar-refractivity contribution < 1.29 is 0 Å². The molecule has 53 heavy (non-hydrogen) atoms. The Kier molecular flexibility index (Phi) is 6.73. The predicted octanol–water partition coefficient (Wildman–Crippen LogP) is 13.5. The third-order valence-electron chi connectivity index (χ3n) is 10.4. The molecule has 0 saturated heterocycles. The number of benzene rings is 8. The molecule has 4 heteroatoms. The number of aromatic nitrogens is 3. The molecule has 0 radical (unpaired) electrons. The Morgan fingerprint density at radius 3 is 1.60 bits per heavy atom. The second-order valence-electron chi connectivity index (χ2n) is 13.5. The summed E-state index contributed by atoms with van der Waals surface area (Å²) < 4.78 is 2.48. The molecule has 0 saturated carbocycles. The van der Waals surface area contributed by atoms with E-state index in [4.69, 9.17) is 15.0 Å². The summed E-state index contributed by atoms with van der Waals surface area (Å²) in [7, 11) is 0. The smallest absolute Gasteiger partial charge is 0.160 e. The van der Waals surface area contributed by atoms with Crippen LogP contribution in [0.3, 0.4) is 0 Å². The number of hydrogen-bond donors (Lipinski definition) is 0. The van der Waals surface area contributed by atoms with Crippen LogP contribution in [0.2, 0.25) is 0 Å². The molecule has 11 rings (SSSR count). The van der Waals surface area contributed by atoms with Gasteiger partial charge in [0.1, 0.15) is 0 Å². The molecule has 0 fully saturated rings. The summed E-state index contributed by atoms with van der Waals surface area (Å²) in [5.41, 5.74) is 7.88. The van der Waals surface area contributed by atoms with E-state index in [9.17, 15) is 0 Å². The molecule has 0 atom stereocenters. The number of hydrogen-bond acceptors (Lipinski definition) is 4. The Labute approximate surface area is 309 Å². The fourth-order valence-corrected chi connectivity index (χ4v) is 9.14. The van der Waals surface area contributed by atoms with Crippen LogP contribution >= 0.6 is 11.3 Å². The van der Waals surface area contributed by atoms with E-state index in [-0.39, 0.29) is 0 Å². The Balaban J connectivity index is 1.12. The van der Waals surface area contributed by atoms with E-state index in [1.807, 2.05) is 17.4 Å². The Morgan fingerprint density at radius 1 is 0.321 bits per heavy atom. The average molecular weight is 692 g/mol. The number of nitrogens with zero attached hydrogens (tertiary/aromatic N) is 3. The first-order valence-corrected chi connectivity index (χ1v) is 18.7. The van der Waals surface area contributed by atoms with Crippen molar-refractivity contribution in [2.75, 3.05) is 0 Å². The number of thiophene rings is 1. The van der Waals surface area contributed by atoms with Crippen molar-refractivity contribution in [3.8, 4) is 45.2 Å². The monoisotopic (exact) mass is 691 g/mol. The molecule has 0 bridgehead atoms. The molecule has 0 amide bonds. The van der Waals surface area contributed by atoms with Gasteiger partial charge in [0.2, 0.25) is 0 Å². The summed E-state index contributed by atoms with van der Waals surface area (Å²) in [6, 6.07) is 62.4. The molecule has 0 spiro atoms. The first-order valence-electron chi connectivity index (χ1n) is 17.9. The first-order chi connectivity index (χ1) is 26.3. The second kappa shape index (κ2) is 11.9. The molecule has 246 valence electrons. The van der Waals surface area contributed by atoms with Gasteiger partial charge in [-0.15, -0.1) is 11.3 Å². The van der Waals surface area contributed by atoms with Crippen molar-refractivity contribution in [3.63, 3.8) is 0 Å². The summed E-state index contributed by atoms with van der Waals surface area (Å²) >= 11 is 1.82. The zero-order valence-corrected chi connectivity index (χ0v) is 29.3. The van der Waals surface area contributed by atoms with E-state index < -0.39 is 0 Å². The van der Waals surface area contributed by atoms with E-state index in [1.54, 1.807) is 0 Å². The summed E-state index contributed by atoms with van der Waals surface area (Å²) in [5, 5.41) is 11.0. The quantitative estimate of drug-likeness (QED) is 0.172. The van der Waals surface area contributed by atoms with Crippen LogP contribution < -0.4 is 0 Å². The lowest BCUT2D eigenvalue weighted by atomic mass is 9.93. The highest BCUT2D eigenvalue weighted by molar-refractivity contribution is 7.26. The molecule has 0 aliphatic heterocycles. The highest BCUT2D eigenvalue weighted by atomic mass is 32.1. The molecule has 0 N–H and O–H groups in total. The fourth-order valence-electron chi connectivity index (χ4n) is 7.96. The van der Waals surface area contributed by atoms with Gasteiger partial charge in [0, 0.05) is 43.1 Å². The molecule has 8 aromatic carbocycles. The molecular weight excluding hydrogens is 663 g/mol.